The molecule has 0 aliphatic carbocycles. The molecule has 0 bridgehead atoms. The van der Waals surface area contributed by atoms with Gasteiger partial charge in [-0.15, -0.1) is 0 Å². The number of halogens is 2. The summed E-state index contributed by atoms with van der Waals surface area (Å²) in [5, 5.41) is 0.570. The van der Waals surface area contributed by atoms with E-state index < -0.39 is 5.97 Å². The second kappa shape index (κ2) is 8.80. The Morgan fingerprint density at radius 2 is 1.48 bits per heavy atom. The number of rotatable bonds is 5. The number of hydrogen-bond donors (Lipinski definition) is 0. The van der Waals surface area contributed by atoms with Crippen LogP contribution in [0.15, 0.2) is 83.3 Å². The van der Waals surface area contributed by atoms with Crippen molar-refractivity contribution in [3.63, 3.8) is 0 Å². The van der Waals surface area contributed by atoms with Crippen LogP contribution in [0.2, 0.25) is 5.02 Å². The first-order chi connectivity index (χ1) is 13.0. The van der Waals surface area contributed by atoms with Crippen LogP contribution in [0.3, 0.4) is 0 Å². The van der Waals surface area contributed by atoms with E-state index in [4.69, 9.17) is 16.3 Å². The van der Waals surface area contributed by atoms with Gasteiger partial charge in [0, 0.05) is 20.6 Å². The molecule has 134 valence electrons. The van der Waals surface area contributed by atoms with Gasteiger partial charge in [0.05, 0.1) is 5.56 Å². The SMILES string of the molecule is O=C(C=Cc1ccccc1OC(=O)c1ccc(Br)cc1)c1ccc(Cl)cc1. The smallest absolute Gasteiger partial charge is 0.343 e. The van der Waals surface area contributed by atoms with E-state index in [1.165, 1.54) is 6.08 Å². The van der Waals surface area contributed by atoms with Gasteiger partial charge >= 0.3 is 5.97 Å². The number of allylic oxidation sites excluding steroid dienone is 1. The maximum absolute atomic E-state index is 12.3. The molecule has 5 heteroatoms. The molecule has 0 saturated carbocycles. The lowest BCUT2D eigenvalue weighted by Gasteiger charge is -2.07. The maximum Gasteiger partial charge on any atom is 0.343 e. The van der Waals surface area contributed by atoms with Crippen molar-refractivity contribution in [1.82, 2.24) is 0 Å². The standard InChI is InChI=1S/C22H14BrClO3/c23-18-10-5-17(6-11-18)22(26)27-21-4-2-1-3-16(21)9-14-20(25)15-7-12-19(24)13-8-15/h1-14H. The Labute approximate surface area is 170 Å². The largest absolute Gasteiger partial charge is 0.422 e. The molecule has 0 radical (unpaired) electrons. The molecule has 0 spiro atoms. The van der Waals surface area contributed by atoms with Crippen molar-refractivity contribution in [2.45, 2.75) is 0 Å². The normalized spacial score (nSPS) is 10.7. The molecule has 0 saturated heterocycles. The van der Waals surface area contributed by atoms with Gasteiger partial charge in [0.2, 0.25) is 0 Å². The molecular weight excluding hydrogens is 428 g/mol. The number of ketones is 1. The Morgan fingerprint density at radius 1 is 0.852 bits per heavy atom. The van der Waals surface area contributed by atoms with Crippen LogP contribution in [0.4, 0.5) is 0 Å². The fourth-order valence-corrected chi connectivity index (χ4v) is 2.72. The Morgan fingerprint density at radius 3 is 2.19 bits per heavy atom. The van der Waals surface area contributed by atoms with Gasteiger partial charge in [-0.3, -0.25) is 4.79 Å². The summed E-state index contributed by atoms with van der Waals surface area (Å²) >= 11 is 9.17. The molecule has 3 nitrogen and oxygen atoms in total. The van der Waals surface area contributed by atoms with Crippen LogP contribution in [0.1, 0.15) is 26.3 Å². The highest BCUT2D eigenvalue weighted by atomic mass is 79.9. The highest BCUT2D eigenvalue weighted by Crippen LogP contribution is 2.22. The lowest BCUT2D eigenvalue weighted by Crippen LogP contribution is -2.09. The molecule has 0 unspecified atom stereocenters. The summed E-state index contributed by atoms with van der Waals surface area (Å²) in [5.74, 6) is -0.251. The first-order valence-corrected chi connectivity index (χ1v) is 9.25. The number of carbonyl (C=O) groups excluding carboxylic acids is 2. The van der Waals surface area contributed by atoms with Crippen molar-refractivity contribution in [2.24, 2.45) is 0 Å². The zero-order chi connectivity index (χ0) is 19.2. The van der Waals surface area contributed by atoms with Crippen molar-refractivity contribution >= 4 is 45.4 Å². The highest BCUT2D eigenvalue weighted by molar-refractivity contribution is 9.10. The van der Waals surface area contributed by atoms with Gasteiger partial charge in [-0.05, 0) is 66.7 Å². The summed E-state index contributed by atoms with van der Waals surface area (Å²) in [6.07, 6.45) is 3.07. The van der Waals surface area contributed by atoms with E-state index in [2.05, 4.69) is 15.9 Å². The van der Waals surface area contributed by atoms with E-state index >= 15 is 0 Å². The molecule has 0 N–H and O–H groups in total. The lowest BCUT2D eigenvalue weighted by molar-refractivity contribution is 0.0734. The van der Waals surface area contributed by atoms with Gasteiger partial charge in [-0.1, -0.05) is 45.7 Å². The van der Waals surface area contributed by atoms with Crippen LogP contribution < -0.4 is 4.74 Å². The Bertz CT molecular complexity index is 993. The summed E-state index contributed by atoms with van der Waals surface area (Å²) in [7, 11) is 0. The molecule has 3 aromatic rings. The second-order valence-electron chi connectivity index (χ2n) is 5.64. The fraction of sp³-hybridized carbons (Fsp3) is 0. The van der Waals surface area contributed by atoms with Crippen LogP contribution in [0.5, 0.6) is 5.75 Å². The van der Waals surface area contributed by atoms with Crippen LogP contribution in [0.25, 0.3) is 6.08 Å². The molecule has 0 aromatic heterocycles. The van der Waals surface area contributed by atoms with Gasteiger partial charge in [0.25, 0.3) is 0 Å². The van der Waals surface area contributed by atoms with Crippen LogP contribution in [-0.4, -0.2) is 11.8 Å². The third kappa shape index (κ3) is 5.16. The van der Waals surface area contributed by atoms with Crippen LogP contribution in [-0.2, 0) is 0 Å². The van der Waals surface area contributed by atoms with Crippen molar-refractivity contribution in [3.8, 4) is 5.75 Å². The minimum Gasteiger partial charge on any atom is -0.422 e. The monoisotopic (exact) mass is 440 g/mol. The van der Waals surface area contributed by atoms with Crippen molar-refractivity contribution in [1.29, 1.82) is 0 Å². The third-order valence-electron chi connectivity index (χ3n) is 3.74. The van der Waals surface area contributed by atoms with Crippen LogP contribution in [0, 0.1) is 0 Å². The second-order valence-corrected chi connectivity index (χ2v) is 6.99. The molecule has 0 amide bonds. The molecular formula is C22H14BrClO3. The summed E-state index contributed by atoms with van der Waals surface area (Å²) in [6, 6.07) is 20.6. The van der Waals surface area contributed by atoms with Crippen molar-refractivity contribution in [2.75, 3.05) is 0 Å². The molecule has 3 aromatic carbocycles. The first kappa shape index (κ1) is 19.1. The number of para-hydroxylation sites is 1. The Balaban J connectivity index is 1.77. The van der Waals surface area contributed by atoms with Gasteiger partial charge in [0.1, 0.15) is 5.75 Å². The minimum atomic E-state index is -0.465. The van der Waals surface area contributed by atoms with E-state index in [1.54, 1.807) is 72.8 Å². The van der Waals surface area contributed by atoms with Crippen molar-refractivity contribution in [3.05, 3.63) is 105 Å². The topological polar surface area (TPSA) is 43.4 Å². The van der Waals surface area contributed by atoms with E-state index in [0.717, 1.165) is 4.47 Å². The number of esters is 1. The third-order valence-corrected chi connectivity index (χ3v) is 4.53. The first-order valence-electron chi connectivity index (χ1n) is 8.08. The van der Waals surface area contributed by atoms with E-state index in [0.29, 0.717) is 27.5 Å². The van der Waals surface area contributed by atoms with Gasteiger partial charge in [0.15, 0.2) is 5.78 Å². The number of benzene rings is 3. The number of hydrogen-bond acceptors (Lipinski definition) is 3. The molecule has 3 rings (SSSR count). The molecule has 0 aliphatic heterocycles. The maximum atomic E-state index is 12.3. The van der Waals surface area contributed by atoms with E-state index in [-0.39, 0.29) is 5.78 Å². The van der Waals surface area contributed by atoms with Crippen molar-refractivity contribution < 1.29 is 14.3 Å². The average molecular weight is 442 g/mol. The summed E-state index contributed by atoms with van der Waals surface area (Å²) in [5.41, 5.74) is 1.60. The van der Waals surface area contributed by atoms with Gasteiger partial charge < -0.3 is 4.74 Å². The van der Waals surface area contributed by atoms with E-state index in [9.17, 15) is 9.59 Å². The van der Waals surface area contributed by atoms with Gasteiger partial charge in [-0.25, -0.2) is 4.79 Å². The summed E-state index contributed by atoms with van der Waals surface area (Å²) in [6.45, 7) is 0. The molecule has 0 heterocycles. The highest BCUT2D eigenvalue weighted by Gasteiger charge is 2.11. The quantitative estimate of drug-likeness (QED) is 0.204. The zero-order valence-electron chi connectivity index (χ0n) is 14.1. The van der Waals surface area contributed by atoms with Crippen LogP contribution >= 0.6 is 27.5 Å². The molecule has 27 heavy (non-hydrogen) atoms. The number of carbonyl (C=O) groups is 2. The minimum absolute atomic E-state index is 0.166. The predicted octanol–water partition coefficient (Wildman–Crippen LogP) is 6.22. The fourth-order valence-electron chi connectivity index (χ4n) is 2.33. The Kier molecular flexibility index (Phi) is 6.22. The zero-order valence-corrected chi connectivity index (χ0v) is 16.4. The van der Waals surface area contributed by atoms with E-state index in [1.807, 2.05) is 6.07 Å². The van der Waals surface area contributed by atoms with Gasteiger partial charge in [-0.2, -0.15) is 0 Å². The number of ether oxygens (including phenoxy) is 1. The molecule has 0 aliphatic rings. The Hall–Kier alpha value is -2.69. The average Bonchev–Trinajstić information content (AvgIpc) is 2.68. The summed E-state index contributed by atoms with van der Waals surface area (Å²) in [4.78, 5) is 24.6. The predicted molar refractivity (Wildman–Crippen MR) is 110 cm³/mol. The molecule has 0 fully saturated rings. The summed E-state index contributed by atoms with van der Waals surface area (Å²) < 4.78 is 6.37. The lowest BCUT2D eigenvalue weighted by atomic mass is 10.1. The molecule has 0 atom stereocenters.